The van der Waals surface area contributed by atoms with E-state index in [4.69, 9.17) is 4.98 Å². The predicted octanol–water partition coefficient (Wildman–Crippen LogP) is 3.96. The number of piperazine rings is 1. The van der Waals surface area contributed by atoms with Crippen molar-refractivity contribution in [2.75, 3.05) is 69.7 Å². The first-order chi connectivity index (χ1) is 20.6. The molecule has 0 unspecified atom stereocenters. The summed E-state index contributed by atoms with van der Waals surface area (Å²) in [4.78, 5) is 43.7. The molecule has 4 heterocycles. The van der Waals surface area contributed by atoms with Gasteiger partial charge in [-0.05, 0) is 115 Å². The van der Waals surface area contributed by atoms with Crippen LogP contribution < -0.4 is 20.7 Å². The zero-order chi connectivity index (χ0) is 30.7. The minimum Gasteiger partial charge on any atom is -0.368 e. The Morgan fingerprint density at radius 1 is 0.977 bits per heavy atom. The van der Waals surface area contributed by atoms with E-state index in [9.17, 15) is 9.59 Å². The number of likely N-dealkylation sites (N-methyl/N-ethyl adjacent to an activating group) is 1. The molecule has 0 bridgehead atoms. The van der Waals surface area contributed by atoms with Crippen molar-refractivity contribution in [3.63, 3.8) is 0 Å². The minimum atomic E-state index is -0.179. The predicted molar refractivity (Wildman–Crippen MR) is 175 cm³/mol. The number of benzene rings is 1. The number of likely N-dealkylation sites (tertiary alicyclic amines) is 1. The van der Waals surface area contributed by atoms with Gasteiger partial charge < -0.3 is 29.9 Å². The third-order valence-electron chi connectivity index (χ3n) is 9.23. The minimum absolute atomic E-state index is 0.157. The van der Waals surface area contributed by atoms with Crippen LogP contribution in [0.3, 0.4) is 0 Å². The average Bonchev–Trinajstić information content (AvgIpc) is 2.99. The molecule has 0 saturated carbocycles. The van der Waals surface area contributed by atoms with Crippen LogP contribution in [0.4, 0.5) is 11.5 Å². The quantitative estimate of drug-likeness (QED) is 0.414. The normalized spacial score (nSPS) is 16.8. The smallest absolute Gasteiger partial charge is 0.253 e. The van der Waals surface area contributed by atoms with Gasteiger partial charge in [-0.15, -0.1) is 0 Å². The van der Waals surface area contributed by atoms with Gasteiger partial charge in [0, 0.05) is 79.6 Å². The Bertz CT molecular complexity index is 1480. The summed E-state index contributed by atoms with van der Waals surface area (Å²) < 4.78 is 0. The van der Waals surface area contributed by atoms with E-state index in [1.807, 2.05) is 39.1 Å². The summed E-state index contributed by atoms with van der Waals surface area (Å²) in [5, 5.41) is 3.05. The van der Waals surface area contributed by atoms with E-state index in [1.165, 1.54) is 0 Å². The molecule has 9 heteroatoms. The Labute approximate surface area is 255 Å². The number of nitrogens with one attached hydrogen (secondary N) is 2. The molecular formula is C34H47N7O2. The van der Waals surface area contributed by atoms with E-state index in [0.29, 0.717) is 17.2 Å². The number of pyridine rings is 2. The van der Waals surface area contributed by atoms with Crippen molar-refractivity contribution in [1.29, 1.82) is 0 Å². The SMILES string of the molecule is CCN(c1cc(-c2ccc(N3CCN(C)CC3)nc2)cc(C(=O)NCc2c(C)cc(C)[nH]c2=O)c1C)C1CCN(C)CC1. The summed E-state index contributed by atoms with van der Waals surface area (Å²) >= 11 is 0. The lowest BCUT2D eigenvalue weighted by Gasteiger charge is -2.39. The highest BCUT2D eigenvalue weighted by Crippen LogP contribution is 2.34. The zero-order valence-electron chi connectivity index (χ0n) is 26.7. The maximum atomic E-state index is 13.8. The van der Waals surface area contributed by atoms with Gasteiger partial charge in [0.15, 0.2) is 0 Å². The van der Waals surface area contributed by atoms with Crippen molar-refractivity contribution in [2.24, 2.45) is 0 Å². The molecule has 230 valence electrons. The van der Waals surface area contributed by atoms with Gasteiger partial charge in [0.2, 0.25) is 0 Å². The maximum absolute atomic E-state index is 13.8. The fraction of sp³-hybridized carbons (Fsp3) is 0.500. The molecule has 1 amide bonds. The number of hydrogen-bond acceptors (Lipinski definition) is 7. The highest BCUT2D eigenvalue weighted by atomic mass is 16.1. The first kappa shape index (κ1) is 30.8. The van der Waals surface area contributed by atoms with Gasteiger partial charge in [0.1, 0.15) is 5.82 Å². The molecule has 2 fully saturated rings. The van der Waals surface area contributed by atoms with Crippen LogP contribution >= 0.6 is 0 Å². The number of piperidine rings is 1. The molecule has 2 N–H and O–H groups in total. The number of hydrogen-bond donors (Lipinski definition) is 2. The van der Waals surface area contributed by atoms with Crippen molar-refractivity contribution < 1.29 is 4.79 Å². The van der Waals surface area contributed by atoms with Crippen molar-refractivity contribution in [1.82, 2.24) is 25.1 Å². The monoisotopic (exact) mass is 585 g/mol. The lowest BCUT2D eigenvalue weighted by molar-refractivity contribution is 0.0950. The fourth-order valence-corrected chi connectivity index (χ4v) is 6.48. The van der Waals surface area contributed by atoms with Crippen LogP contribution in [-0.4, -0.2) is 91.6 Å². The molecule has 0 aliphatic carbocycles. The Balaban J connectivity index is 1.48. The van der Waals surface area contributed by atoms with Crippen LogP contribution in [0.1, 0.15) is 52.5 Å². The van der Waals surface area contributed by atoms with Gasteiger partial charge >= 0.3 is 0 Å². The fourth-order valence-electron chi connectivity index (χ4n) is 6.48. The first-order valence-electron chi connectivity index (χ1n) is 15.6. The van der Waals surface area contributed by atoms with Crippen molar-refractivity contribution in [3.8, 4) is 11.1 Å². The number of aromatic nitrogens is 2. The molecule has 2 saturated heterocycles. The molecule has 0 radical (unpaired) electrons. The Morgan fingerprint density at radius 2 is 1.67 bits per heavy atom. The summed E-state index contributed by atoms with van der Waals surface area (Å²) in [7, 11) is 4.34. The lowest BCUT2D eigenvalue weighted by Crippen LogP contribution is -2.44. The van der Waals surface area contributed by atoms with Crippen molar-refractivity contribution in [3.05, 3.63) is 74.8 Å². The number of carbonyl (C=O) groups excluding carboxylic acids is 1. The van der Waals surface area contributed by atoms with E-state index < -0.39 is 0 Å². The highest BCUT2D eigenvalue weighted by molar-refractivity contribution is 5.99. The number of nitrogens with zero attached hydrogens (tertiary/aromatic N) is 5. The third kappa shape index (κ3) is 6.94. The van der Waals surface area contributed by atoms with Crippen molar-refractivity contribution >= 4 is 17.4 Å². The summed E-state index contributed by atoms with van der Waals surface area (Å²) in [6, 6.07) is 10.8. The van der Waals surface area contributed by atoms with E-state index >= 15 is 0 Å². The van der Waals surface area contributed by atoms with Gasteiger partial charge in [-0.1, -0.05) is 0 Å². The zero-order valence-corrected chi connectivity index (χ0v) is 26.7. The standard InChI is InChI=1S/C34H47N7O2/c1-7-41(28-10-12-38(5)13-11-28)31-20-27(26-8-9-32(35-21-26)40-16-14-39(6)15-17-40)19-29(25(31)4)33(42)36-22-30-23(2)18-24(3)37-34(30)43/h8-9,18-21,28H,7,10-17,22H2,1-6H3,(H,36,42)(H,37,43). The molecule has 43 heavy (non-hydrogen) atoms. The molecule has 0 atom stereocenters. The highest BCUT2D eigenvalue weighted by Gasteiger charge is 2.26. The van der Waals surface area contributed by atoms with Crippen LogP contribution in [0.25, 0.3) is 11.1 Å². The molecule has 0 spiro atoms. The number of aromatic amines is 1. The lowest BCUT2D eigenvalue weighted by atomic mass is 9.95. The second-order valence-corrected chi connectivity index (χ2v) is 12.3. The molecule has 1 aromatic carbocycles. The molecule has 2 aliphatic rings. The topological polar surface area (TPSA) is 87.8 Å². The van der Waals surface area contributed by atoms with Crippen molar-refractivity contribution in [2.45, 2.75) is 53.1 Å². The van der Waals surface area contributed by atoms with Crippen LogP contribution in [0.15, 0.2) is 41.3 Å². The van der Waals surface area contributed by atoms with Gasteiger partial charge in [-0.2, -0.15) is 0 Å². The van der Waals surface area contributed by atoms with E-state index in [-0.39, 0.29) is 18.0 Å². The number of anilines is 2. The summed E-state index contributed by atoms with van der Waals surface area (Å²) in [6.07, 6.45) is 4.11. The number of H-pyrrole nitrogens is 1. The van der Waals surface area contributed by atoms with Crippen LogP contribution in [0, 0.1) is 20.8 Å². The molecule has 3 aromatic rings. The number of amides is 1. The first-order valence-corrected chi connectivity index (χ1v) is 15.6. The second kappa shape index (κ2) is 13.3. The molecule has 5 rings (SSSR count). The molecular weight excluding hydrogens is 538 g/mol. The third-order valence-corrected chi connectivity index (χ3v) is 9.23. The Hall–Kier alpha value is -3.69. The summed E-state index contributed by atoms with van der Waals surface area (Å²) in [5.74, 6) is 0.809. The van der Waals surface area contributed by atoms with Crippen LogP contribution in [0.2, 0.25) is 0 Å². The van der Waals surface area contributed by atoms with Crippen LogP contribution in [0.5, 0.6) is 0 Å². The number of carbonyl (C=O) groups is 1. The van der Waals surface area contributed by atoms with E-state index in [1.54, 1.807) is 0 Å². The van der Waals surface area contributed by atoms with E-state index in [2.05, 4.69) is 69.1 Å². The van der Waals surface area contributed by atoms with Crippen LogP contribution in [-0.2, 0) is 6.54 Å². The summed E-state index contributed by atoms with van der Waals surface area (Å²) in [6.45, 7) is 15.2. The molecule has 9 nitrogen and oxygen atoms in total. The van der Waals surface area contributed by atoms with Gasteiger partial charge in [0.05, 0.1) is 0 Å². The Morgan fingerprint density at radius 3 is 2.30 bits per heavy atom. The average molecular weight is 586 g/mol. The summed E-state index contributed by atoms with van der Waals surface area (Å²) in [5.41, 5.74) is 6.74. The second-order valence-electron chi connectivity index (χ2n) is 12.3. The number of rotatable bonds is 8. The number of aryl methyl sites for hydroxylation is 2. The van der Waals surface area contributed by atoms with Gasteiger partial charge in [-0.3, -0.25) is 9.59 Å². The van der Waals surface area contributed by atoms with Gasteiger partial charge in [0.25, 0.3) is 11.5 Å². The van der Waals surface area contributed by atoms with Gasteiger partial charge in [-0.25, -0.2) is 4.98 Å². The molecule has 2 aromatic heterocycles. The molecule has 2 aliphatic heterocycles. The largest absolute Gasteiger partial charge is 0.368 e. The Kier molecular flexibility index (Phi) is 9.52. The maximum Gasteiger partial charge on any atom is 0.253 e. The van der Waals surface area contributed by atoms with E-state index in [0.717, 1.165) is 98.1 Å².